The molecule has 0 atom stereocenters. The highest BCUT2D eigenvalue weighted by Gasteiger charge is 2.29. The zero-order valence-electron chi connectivity index (χ0n) is 16.9. The van der Waals surface area contributed by atoms with Crippen LogP contribution < -0.4 is 4.90 Å². The molecule has 28 heavy (non-hydrogen) atoms. The molecule has 0 saturated carbocycles. The molecule has 1 aromatic carbocycles. The van der Waals surface area contributed by atoms with Gasteiger partial charge in [-0.3, -0.25) is 4.98 Å². The molecule has 3 heterocycles. The molecule has 1 aromatic heterocycles. The highest BCUT2D eigenvalue weighted by Crippen LogP contribution is 2.40. The molecule has 0 aliphatic carbocycles. The van der Waals surface area contributed by atoms with E-state index < -0.39 is 5.60 Å². The monoisotopic (exact) mass is 445 g/mol. The lowest BCUT2D eigenvalue weighted by Crippen LogP contribution is -2.44. The number of ether oxygens (including phenoxy) is 1. The fraction of sp³-hybridized carbons (Fsp3) is 0.545. The first-order valence-corrected chi connectivity index (χ1v) is 10.9. The van der Waals surface area contributed by atoms with Gasteiger partial charge < -0.3 is 14.5 Å². The van der Waals surface area contributed by atoms with E-state index in [2.05, 4.69) is 37.9 Å². The van der Waals surface area contributed by atoms with Crippen LogP contribution in [0.2, 0.25) is 0 Å². The number of amides is 1. The van der Waals surface area contributed by atoms with Gasteiger partial charge in [0.05, 0.1) is 5.69 Å². The first-order chi connectivity index (χ1) is 13.3. The highest BCUT2D eigenvalue weighted by atomic mass is 79.9. The van der Waals surface area contributed by atoms with Gasteiger partial charge in [-0.1, -0.05) is 6.07 Å². The summed E-state index contributed by atoms with van der Waals surface area (Å²) in [6.07, 6.45) is 6.86. The topological polar surface area (TPSA) is 45.7 Å². The molecule has 5 nitrogen and oxygen atoms in total. The molecule has 0 spiro atoms. The number of halogens is 1. The summed E-state index contributed by atoms with van der Waals surface area (Å²) in [5.41, 5.74) is 2.20. The first kappa shape index (κ1) is 19.5. The third kappa shape index (κ3) is 3.97. The number of carbonyl (C=O) groups excluding carboxylic acids is 1. The summed E-state index contributed by atoms with van der Waals surface area (Å²) < 4.78 is 6.67. The Hall–Kier alpha value is -1.82. The average Bonchev–Trinajstić information content (AvgIpc) is 2.65. The highest BCUT2D eigenvalue weighted by molar-refractivity contribution is 9.10. The molecule has 0 N–H and O–H groups in total. The van der Waals surface area contributed by atoms with Crippen LogP contribution in [-0.4, -0.2) is 47.8 Å². The maximum Gasteiger partial charge on any atom is 0.410 e. The lowest BCUT2D eigenvalue weighted by atomic mass is 9.93. The van der Waals surface area contributed by atoms with Crippen molar-refractivity contribution in [2.45, 2.75) is 45.6 Å². The average molecular weight is 446 g/mol. The summed E-state index contributed by atoms with van der Waals surface area (Å²) in [6, 6.07) is 4.27. The zero-order chi connectivity index (χ0) is 19.9. The number of anilines is 1. The summed E-state index contributed by atoms with van der Waals surface area (Å²) in [4.78, 5) is 21.1. The number of hydrogen-bond acceptors (Lipinski definition) is 4. The van der Waals surface area contributed by atoms with Crippen LogP contribution in [0, 0.1) is 5.92 Å². The number of rotatable bonds is 2. The van der Waals surface area contributed by atoms with E-state index in [-0.39, 0.29) is 6.09 Å². The smallest absolute Gasteiger partial charge is 0.410 e. The summed E-state index contributed by atoms with van der Waals surface area (Å²) in [7, 11) is 0. The van der Waals surface area contributed by atoms with E-state index in [1.165, 1.54) is 22.0 Å². The fourth-order valence-corrected chi connectivity index (χ4v) is 4.86. The number of benzene rings is 1. The largest absolute Gasteiger partial charge is 0.444 e. The summed E-state index contributed by atoms with van der Waals surface area (Å²) in [5, 5.41) is 2.54. The molecule has 6 heteroatoms. The normalized spacial score (nSPS) is 17.9. The fourth-order valence-electron chi connectivity index (χ4n) is 4.28. The molecule has 1 fully saturated rings. The van der Waals surface area contributed by atoms with Crippen LogP contribution in [0.1, 0.15) is 39.2 Å². The molecule has 4 rings (SSSR count). The van der Waals surface area contributed by atoms with Crippen molar-refractivity contribution >= 4 is 38.5 Å². The van der Waals surface area contributed by atoms with Gasteiger partial charge in [-0.2, -0.15) is 0 Å². The van der Waals surface area contributed by atoms with E-state index in [0.29, 0.717) is 5.92 Å². The number of aromatic nitrogens is 1. The van der Waals surface area contributed by atoms with Gasteiger partial charge >= 0.3 is 6.09 Å². The van der Waals surface area contributed by atoms with E-state index in [4.69, 9.17) is 4.74 Å². The predicted octanol–water partition coefficient (Wildman–Crippen LogP) is 5.01. The predicted molar refractivity (Wildman–Crippen MR) is 116 cm³/mol. The minimum absolute atomic E-state index is 0.183. The van der Waals surface area contributed by atoms with Gasteiger partial charge in [-0.25, -0.2) is 4.79 Å². The SMILES string of the molecule is CC(C)(C)OC(=O)N1CCC(CN2CCc3cncc4ccc(Br)c2c34)CC1. The molecule has 1 saturated heterocycles. The van der Waals surface area contributed by atoms with Gasteiger partial charge in [-0.05, 0) is 73.5 Å². The Morgan fingerprint density at radius 1 is 1.21 bits per heavy atom. The Kier molecular flexibility index (Phi) is 5.25. The summed E-state index contributed by atoms with van der Waals surface area (Å²) in [6.45, 7) is 9.35. The van der Waals surface area contributed by atoms with Gasteiger partial charge in [0.1, 0.15) is 5.60 Å². The van der Waals surface area contributed by atoms with Crippen LogP contribution in [0.4, 0.5) is 10.5 Å². The Balaban J connectivity index is 1.44. The number of hydrogen-bond donors (Lipinski definition) is 0. The number of pyridine rings is 1. The van der Waals surface area contributed by atoms with Crippen molar-refractivity contribution < 1.29 is 9.53 Å². The Labute approximate surface area is 175 Å². The number of piperidine rings is 1. The molecular formula is C22H28BrN3O2. The quantitative estimate of drug-likeness (QED) is 0.651. The Morgan fingerprint density at radius 2 is 1.96 bits per heavy atom. The number of likely N-dealkylation sites (tertiary alicyclic amines) is 1. The molecule has 0 unspecified atom stereocenters. The molecular weight excluding hydrogens is 418 g/mol. The van der Waals surface area contributed by atoms with Gasteiger partial charge in [0.15, 0.2) is 0 Å². The van der Waals surface area contributed by atoms with E-state index in [1.807, 2.05) is 38.1 Å². The maximum absolute atomic E-state index is 12.3. The molecule has 2 aliphatic heterocycles. The van der Waals surface area contributed by atoms with Crippen molar-refractivity contribution in [1.82, 2.24) is 9.88 Å². The minimum atomic E-state index is -0.436. The summed E-state index contributed by atoms with van der Waals surface area (Å²) >= 11 is 3.78. The maximum atomic E-state index is 12.3. The molecule has 150 valence electrons. The van der Waals surface area contributed by atoms with Crippen molar-refractivity contribution in [1.29, 1.82) is 0 Å². The van der Waals surface area contributed by atoms with Crippen LogP contribution >= 0.6 is 15.9 Å². The van der Waals surface area contributed by atoms with Crippen molar-refractivity contribution in [2.75, 3.05) is 31.1 Å². The van der Waals surface area contributed by atoms with E-state index in [1.54, 1.807) is 0 Å². The minimum Gasteiger partial charge on any atom is -0.444 e. The second-order valence-corrected chi connectivity index (χ2v) is 9.75. The molecule has 2 aromatic rings. The van der Waals surface area contributed by atoms with Crippen molar-refractivity contribution in [3.63, 3.8) is 0 Å². The molecule has 0 radical (unpaired) electrons. The summed E-state index contributed by atoms with van der Waals surface area (Å²) in [5.74, 6) is 0.587. The lowest BCUT2D eigenvalue weighted by Gasteiger charge is -2.38. The van der Waals surface area contributed by atoms with Gasteiger partial charge in [0.25, 0.3) is 0 Å². The van der Waals surface area contributed by atoms with E-state index in [9.17, 15) is 4.79 Å². The third-order valence-corrected chi connectivity index (χ3v) is 6.28. The van der Waals surface area contributed by atoms with Gasteiger partial charge in [0, 0.05) is 53.8 Å². The standard InChI is InChI=1S/C22H28BrN3O2/c1-22(2,3)28-21(27)25-9-6-15(7-10-25)14-26-11-8-17-13-24-12-16-4-5-18(23)20(26)19(16)17/h4-5,12-13,15H,6-11,14H2,1-3H3. The van der Waals surface area contributed by atoms with Gasteiger partial charge in [-0.15, -0.1) is 0 Å². The van der Waals surface area contributed by atoms with Crippen LogP contribution in [0.5, 0.6) is 0 Å². The van der Waals surface area contributed by atoms with Crippen LogP contribution in [0.15, 0.2) is 29.0 Å². The zero-order valence-corrected chi connectivity index (χ0v) is 18.5. The van der Waals surface area contributed by atoms with Crippen molar-refractivity contribution in [2.24, 2.45) is 5.92 Å². The van der Waals surface area contributed by atoms with E-state index >= 15 is 0 Å². The van der Waals surface area contributed by atoms with Crippen LogP contribution in [0.25, 0.3) is 10.8 Å². The van der Waals surface area contributed by atoms with E-state index in [0.717, 1.165) is 49.9 Å². The Morgan fingerprint density at radius 3 is 2.68 bits per heavy atom. The second kappa shape index (κ2) is 7.54. The van der Waals surface area contributed by atoms with Crippen molar-refractivity contribution in [3.8, 4) is 0 Å². The van der Waals surface area contributed by atoms with Gasteiger partial charge in [0.2, 0.25) is 0 Å². The molecule has 2 aliphatic rings. The van der Waals surface area contributed by atoms with Crippen LogP contribution in [-0.2, 0) is 11.2 Å². The number of nitrogens with zero attached hydrogens (tertiary/aromatic N) is 3. The number of carbonyl (C=O) groups is 1. The van der Waals surface area contributed by atoms with Crippen LogP contribution in [0.3, 0.4) is 0 Å². The Bertz CT molecular complexity index is 885. The van der Waals surface area contributed by atoms with Crippen molar-refractivity contribution in [3.05, 3.63) is 34.6 Å². The third-order valence-electron chi connectivity index (χ3n) is 5.64. The molecule has 0 bridgehead atoms. The first-order valence-electron chi connectivity index (χ1n) is 10.1. The molecule has 1 amide bonds. The lowest BCUT2D eigenvalue weighted by molar-refractivity contribution is 0.0186. The second-order valence-electron chi connectivity index (χ2n) is 8.90.